The Morgan fingerprint density at radius 1 is 1.53 bits per heavy atom. The summed E-state index contributed by atoms with van der Waals surface area (Å²) in [5.41, 5.74) is 6.92. The van der Waals surface area contributed by atoms with E-state index in [1.54, 1.807) is 6.20 Å². The molecule has 0 aliphatic carbocycles. The zero-order valence-corrected chi connectivity index (χ0v) is 12.9. The van der Waals surface area contributed by atoms with Crippen molar-refractivity contribution >= 4 is 46.6 Å². The quantitative estimate of drug-likeness (QED) is 0.896. The van der Waals surface area contributed by atoms with Crippen molar-refractivity contribution in [2.75, 3.05) is 12.3 Å². The first-order chi connectivity index (χ1) is 7.16. The summed E-state index contributed by atoms with van der Waals surface area (Å²) in [4.78, 5) is 6.53. The average Bonchev–Trinajstić information content (AvgIpc) is 2.58. The van der Waals surface area contributed by atoms with Crippen molar-refractivity contribution < 1.29 is 0 Å². The van der Waals surface area contributed by atoms with Gasteiger partial charge in [-0.15, -0.1) is 24.8 Å². The van der Waals surface area contributed by atoms with Crippen LogP contribution in [0.5, 0.6) is 0 Å². The Kier molecular flexibility index (Phi) is 7.40. The lowest BCUT2D eigenvalue weighted by molar-refractivity contribution is 0.260. The molecule has 0 saturated carbocycles. The van der Waals surface area contributed by atoms with E-state index in [0.29, 0.717) is 11.9 Å². The van der Waals surface area contributed by atoms with Gasteiger partial charge in [-0.1, -0.05) is 0 Å². The van der Waals surface area contributed by atoms with Crippen molar-refractivity contribution in [1.29, 1.82) is 0 Å². The highest BCUT2D eigenvalue weighted by molar-refractivity contribution is 9.10. The van der Waals surface area contributed by atoms with Gasteiger partial charge < -0.3 is 5.73 Å². The minimum atomic E-state index is 0. The molecule has 1 aromatic rings. The first-order valence-corrected chi connectivity index (χ1v) is 6.10. The van der Waals surface area contributed by atoms with Crippen molar-refractivity contribution in [3.8, 4) is 0 Å². The van der Waals surface area contributed by atoms with Gasteiger partial charge >= 0.3 is 0 Å². The summed E-state index contributed by atoms with van der Waals surface area (Å²) < 4.78 is 1.05. The fourth-order valence-corrected chi connectivity index (χ4v) is 2.41. The number of anilines is 1. The molecule has 1 aliphatic rings. The van der Waals surface area contributed by atoms with Gasteiger partial charge in [-0.2, -0.15) is 0 Å². The third-order valence-corrected chi connectivity index (χ3v) is 3.73. The lowest BCUT2D eigenvalue weighted by Crippen LogP contribution is -2.26. The molecule has 1 fully saturated rings. The molecule has 2 N–H and O–H groups in total. The van der Waals surface area contributed by atoms with Gasteiger partial charge in [0, 0.05) is 23.3 Å². The molecule has 0 aromatic carbocycles. The average molecular weight is 343 g/mol. The van der Waals surface area contributed by atoms with Gasteiger partial charge in [0.2, 0.25) is 0 Å². The SMILES string of the molecule is C[C@@H]1CCCN1Cc1cc(N)ncc1Br.Cl.Cl. The molecule has 1 aliphatic heterocycles. The van der Waals surface area contributed by atoms with Gasteiger partial charge in [-0.25, -0.2) is 4.98 Å². The van der Waals surface area contributed by atoms with Crippen LogP contribution in [0.4, 0.5) is 5.82 Å². The van der Waals surface area contributed by atoms with Crippen LogP contribution in [0.25, 0.3) is 0 Å². The van der Waals surface area contributed by atoms with E-state index in [0.717, 1.165) is 11.0 Å². The van der Waals surface area contributed by atoms with Gasteiger partial charge in [0.25, 0.3) is 0 Å². The molecule has 1 saturated heterocycles. The number of rotatable bonds is 2. The summed E-state index contributed by atoms with van der Waals surface area (Å²) in [7, 11) is 0. The summed E-state index contributed by atoms with van der Waals surface area (Å²) in [5.74, 6) is 0.597. The highest BCUT2D eigenvalue weighted by atomic mass is 79.9. The Morgan fingerprint density at radius 2 is 2.24 bits per heavy atom. The summed E-state index contributed by atoms with van der Waals surface area (Å²) in [6.45, 7) is 4.44. The number of pyridine rings is 1. The summed E-state index contributed by atoms with van der Waals surface area (Å²) in [5, 5.41) is 0. The molecule has 17 heavy (non-hydrogen) atoms. The lowest BCUT2D eigenvalue weighted by atomic mass is 10.2. The standard InChI is InChI=1S/C11H16BrN3.2ClH/c1-8-3-2-4-15(8)7-9-5-11(13)14-6-10(9)12;;/h5-6,8H,2-4,7H2,1H3,(H2,13,14);2*1H/t8-;;/m1../s1. The van der Waals surface area contributed by atoms with Crippen LogP contribution in [-0.2, 0) is 6.54 Å². The van der Waals surface area contributed by atoms with Gasteiger partial charge in [0.05, 0.1) is 0 Å². The van der Waals surface area contributed by atoms with Crippen LogP contribution in [0.15, 0.2) is 16.7 Å². The van der Waals surface area contributed by atoms with Crippen molar-refractivity contribution in [3.63, 3.8) is 0 Å². The molecule has 6 heteroatoms. The normalized spacial score (nSPS) is 19.5. The first kappa shape index (κ1) is 17.0. The smallest absolute Gasteiger partial charge is 0.123 e. The number of hydrogen-bond donors (Lipinski definition) is 1. The number of nitrogens with two attached hydrogens (primary N) is 1. The molecule has 0 spiro atoms. The minimum Gasteiger partial charge on any atom is -0.384 e. The fraction of sp³-hybridized carbons (Fsp3) is 0.545. The van der Waals surface area contributed by atoms with Gasteiger partial charge in [0.1, 0.15) is 5.82 Å². The Morgan fingerprint density at radius 3 is 2.82 bits per heavy atom. The number of halogens is 3. The van der Waals surface area contributed by atoms with Gasteiger partial charge in [0.15, 0.2) is 0 Å². The van der Waals surface area contributed by atoms with Crippen molar-refractivity contribution in [1.82, 2.24) is 9.88 Å². The molecule has 0 radical (unpaired) electrons. The molecule has 0 amide bonds. The molecule has 2 rings (SSSR count). The van der Waals surface area contributed by atoms with E-state index in [1.807, 2.05) is 6.07 Å². The van der Waals surface area contributed by atoms with Crippen molar-refractivity contribution in [2.45, 2.75) is 32.4 Å². The molecular formula is C11H18BrCl2N3. The molecule has 1 atom stereocenters. The molecule has 1 aromatic heterocycles. The second-order valence-electron chi connectivity index (χ2n) is 4.16. The van der Waals surface area contributed by atoms with E-state index in [9.17, 15) is 0 Å². The molecular weight excluding hydrogens is 325 g/mol. The van der Waals surface area contributed by atoms with Crippen LogP contribution in [0.3, 0.4) is 0 Å². The maximum atomic E-state index is 5.69. The molecule has 98 valence electrons. The second-order valence-corrected chi connectivity index (χ2v) is 5.02. The minimum absolute atomic E-state index is 0. The van der Waals surface area contributed by atoms with E-state index in [1.165, 1.54) is 24.9 Å². The Labute approximate surface area is 123 Å². The van der Waals surface area contributed by atoms with E-state index >= 15 is 0 Å². The Bertz CT molecular complexity index is 363. The maximum Gasteiger partial charge on any atom is 0.123 e. The first-order valence-electron chi connectivity index (χ1n) is 5.31. The number of likely N-dealkylation sites (tertiary alicyclic amines) is 1. The predicted octanol–water partition coefficient (Wildman–Crippen LogP) is 3.25. The monoisotopic (exact) mass is 341 g/mol. The van der Waals surface area contributed by atoms with Crippen LogP contribution in [-0.4, -0.2) is 22.5 Å². The molecule has 0 unspecified atom stereocenters. The van der Waals surface area contributed by atoms with E-state index in [2.05, 4.69) is 32.7 Å². The third kappa shape index (κ3) is 4.28. The van der Waals surface area contributed by atoms with Gasteiger partial charge in [-0.3, -0.25) is 4.90 Å². The highest BCUT2D eigenvalue weighted by Crippen LogP contribution is 2.24. The second kappa shape index (κ2) is 7.41. The molecule has 2 heterocycles. The molecule has 3 nitrogen and oxygen atoms in total. The van der Waals surface area contributed by atoms with E-state index < -0.39 is 0 Å². The number of aromatic nitrogens is 1. The Hall–Kier alpha value is -0.0300. The largest absolute Gasteiger partial charge is 0.384 e. The van der Waals surface area contributed by atoms with Gasteiger partial charge in [-0.05, 0) is 53.9 Å². The van der Waals surface area contributed by atoms with E-state index in [-0.39, 0.29) is 24.8 Å². The van der Waals surface area contributed by atoms with Crippen molar-refractivity contribution in [2.24, 2.45) is 0 Å². The van der Waals surface area contributed by atoms with Crippen molar-refractivity contribution in [3.05, 3.63) is 22.3 Å². The zero-order valence-electron chi connectivity index (χ0n) is 9.73. The summed E-state index contributed by atoms with van der Waals surface area (Å²) in [6, 6.07) is 2.64. The van der Waals surface area contributed by atoms with Crippen LogP contribution in [0.1, 0.15) is 25.3 Å². The maximum absolute atomic E-state index is 5.69. The van der Waals surface area contributed by atoms with E-state index in [4.69, 9.17) is 5.73 Å². The summed E-state index contributed by atoms with van der Waals surface area (Å²) in [6.07, 6.45) is 4.39. The topological polar surface area (TPSA) is 42.1 Å². The predicted molar refractivity (Wildman–Crippen MR) is 80.0 cm³/mol. The number of hydrogen-bond acceptors (Lipinski definition) is 3. The lowest BCUT2D eigenvalue weighted by Gasteiger charge is -2.21. The third-order valence-electron chi connectivity index (χ3n) is 3.02. The number of nitrogen functional groups attached to an aromatic ring is 1. The summed E-state index contributed by atoms with van der Waals surface area (Å²) >= 11 is 3.51. The van der Waals surface area contributed by atoms with Crippen LogP contribution >= 0.6 is 40.7 Å². The zero-order chi connectivity index (χ0) is 10.8. The number of nitrogens with zero attached hydrogens (tertiary/aromatic N) is 2. The van der Waals surface area contributed by atoms with Crippen LogP contribution in [0, 0.1) is 0 Å². The Balaban J connectivity index is 0.00000128. The van der Waals surface area contributed by atoms with Crippen LogP contribution in [0.2, 0.25) is 0 Å². The van der Waals surface area contributed by atoms with Crippen LogP contribution < -0.4 is 5.73 Å². The fourth-order valence-electron chi connectivity index (χ4n) is 2.07. The highest BCUT2D eigenvalue weighted by Gasteiger charge is 2.20. The molecule has 0 bridgehead atoms.